The standard InChI is InChI=1S/C15H22N2O4S/c1-5-20-13(18)10-9-22-12(16-10)11-7-6-8-17(11)14(19)21-15(2,3)4/h11,16H,5-8H2,1-4H3/t11-/m0/s1. The van der Waals surface area contributed by atoms with Crippen LogP contribution in [-0.4, -0.2) is 51.8 Å². The van der Waals surface area contributed by atoms with Crippen LogP contribution in [0.1, 0.15) is 40.5 Å². The van der Waals surface area contributed by atoms with Gasteiger partial charge in [-0.05, 0) is 45.6 Å². The van der Waals surface area contributed by atoms with Gasteiger partial charge in [0, 0.05) is 6.54 Å². The van der Waals surface area contributed by atoms with Gasteiger partial charge in [-0.25, -0.2) is 9.59 Å². The highest BCUT2D eigenvalue weighted by molar-refractivity contribution is 7.97. The molecule has 0 aromatic rings. The molecule has 6 nitrogen and oxygen atoms in total. The van der Waals surface area contributed by atoms with Crippen LogP contribution in [-0.2, 0) is 14.3 Å². The van der Waals surface area contributed by atoms with Gasteiger partial charge in [-0.1, -0.05) is 10.9 Å². The monoisotopic (exact) mass is 326 g/mol. The van der Waals surface area contributed by atoms with Crippen LogP contribution in [0.2, 0.25) is 0 Å². The largest absolute Gasteiger partial charge is 0.461 e. The Bertz CT molecular complexity index is 581. The first-order valence-corrected chi connectivity index (χ1v) is 8.24. The van der Waals surface area contributed by atoms with E-state index >= 15 is 0 Å². The molecule has 0 spiro atoms. The lowest BCUT2D eigenvalue weighted by Gasteiger charge is -2.28. The molecule has 0 saturated carbocycles. The number of carbonyl (C=O) groups excluding carboxylic acids is 2. The van der Waals surface area contributed by atoms with Gasteiger partial charge in [0.05, 0.1) is 12.6 Å². The number of amides is 1. The van der Waals surface area contributed by atoms with Crippen LogP contribution >= 0.6 is 10.9 Å². The fraction of sp³-hybridized carbons (Fsp3) is 0.667. The molecule has 2 aliphatic heterocycles. The SMILES string of the molecule is CCOC(=O)C1=C=S=C([C@@H]2CCCN2C(=O)OC(C)(C)C)N1. The van der Waals surface area contributed by atoms with E-state index in [4.69, 9.17) is 9.47 Å². The topological polar surface area (TPSA) is 67.9 Å². The number of likely N-dealkylation sites (tertiary alicyclic amines) is 1. The van der Waals surface area contributed by atoms with Crippen LogP contribution in [0.4, 0.5) is 4.79 Å². The van der Waals surface area contributed by atoms with Gasteiger partial charge in [-0.2, -0.15) is 0 Å². The molecular formula is C15H22N2O4S. The van der Waals surface area contributed by atoms with Crippen molar-refractivity contribution in [3.8, 4) is 0 Å². The summed E-state index contributed by atoms with van der Waals surface area (Å²) in [6, 6.07) is -0.0979. The van der Waals surface area contributed by atoms with E-state index in [1.807, 2.05) is 20.8 Å². The summed E-state index contributed by atoms with van der Waals surface area (Å²) in [5.41, 5.74) is -0.219. The number of esters is 1. The molecule has 2 heterocycles. The molecule has 122 valence electrons. The highest BCUT2D eigenvalue weighted by atomic mass is 32.1. The van der Waals surface area contributed by atoms with E-state index in [0.717, 1.165) is 17.8 Å². The fourth-order valence-electron chi connectivity index (χ4n) is 2.31. The Labute approximate surface area is 134 Å². The van der Waals surface area contributed by atoms with Gasteiger partial charge in [0.15, 0.2) is 5.70 Å². The number of ether oxygens (including phenoxy) is 2. The van der Waals surface area contributed by atoms with Crippen LogP contribution in [0.5, 0.6) is 0 Å². The lowest BCUT2D eigenvalue weighted by Crippen LogP contribution is -2.46. The Hall–Kier alpha value is -1.72. The average molecular weight is 326 g/mol. The molecule has 1 saturated heterocycles. The summed E-state index contributed by atoms with van der Waals surface area (Å²) in [6.45, 7) is 8.27. The van der Waals surface area contributed by atoms with E-state index in [1.165, 1.54) is 10.9 Å². The third kappa shape index (κ3) is 3.93. The molecule has 1 N–H and O–H groups in total. The smallest absolute Gasteiger partial charge is 0.410 e. The van der Waals surface area contributed by atoms with Crippen LogP contribution in [0, 0.1) is 0 Å². The van der Waals surface area contributed by atoms with Crippen LogP contribution < -0.4 is 5.32 Å². The molecule has 0 bridgehead atoms. The van der Waals surface area contributed by atoms with E-state index < -0.39 is 11.6 Å². The predicted octanol–water partition coefficient (Wildman–Crippen LogP) is 1.70. The van der Waals surface area contributed by atoms with Crippen LogP contribution in [0.3, 0.4) is 0 Å². The molecule has 1 amide bonds. The first-order valence-electron chi connectivity index (χ1n) is 7.42. The Balaban J connectivity index is 2.08. The maximum Gasteiger partial charge on any atom is 0.410 e. The Kier molecular flexibility index (Phi) is 4.98. The van der Waals surface area contributed by atoms with E-state index in [-0.39, 0.29) is 12.1 Å². The second-order valence-electron chi connectivity index (χ2n) is 6.12. The van der Waals surface area contributed by atoms with Crippen molar-refractivity contribution in [2.45, 2.75) is 52.2 Å². The van der Waals surface area contributed by atoms with E-state index in [1.54, 1.807) is 11.8 Å². The van der Waals surface area contributed by atoms with Gasteiger partial charge in [-0.3, -0.25) is 4.90 Å². The molecule has 2 rings (SSSR count). The summed E-state index contributed by atoms with van der Waals surface area (Å²) in [4.78, 5) is 26.5. The van der Waals surface area contributed by atoms with Gasteiger partial charge in [0.2, 0.25) is 0 Å². The van der Waals surface area contributed by atoms with Crippen molar-refractivity contribution in [2.75, 3.05) is 13.2 Å². The summed E-state index contributed by atoms with van der Waals surface area (Å²) < 4.78 is 10.4. The number of carbonyl (C=O) groups is 2. The zero-order valence-corrected chi connectivity index (χ0v) is 14.2. The average Bonchev–Trinajstić information content (AvgIpc) is 3.06. The minimum Gasteiger partial charge on any atom is -0.461 e. The van der Waals surface area contributed by atoms with Crippen LogP contribution in [0.25, 0.3) is 0 Å². The minimum absolute atomic E-state index is 0.0979. The predicted molar refractivity (Wildman–Crippen MR) is 86.8 cm³/mol. The van der Waals surface area contributed by atoms with E-state index in [9.17, 15) is 9.59 Å². The Morgan fingerprint density at radius 1 is 1.45 bits per heavy atom. The van der Waals surface area contributed by atoms with Crippen molar-refractivity contribution in [1.29, 1.82) is 0 Å². The van der Waals surface area contributed by atoms with Gasteiger partial charge >= 0.3 is 12.1 Å². The van der Waals surface area contributed by atoms with E-state index in [0.29, 0.717) is 18.8 Å². The maximum atomic E-state index is 12.3. The van der Waals surface area contributed by atoms with Crippen LogP contribution in [0.15, 0.2) is 5.70 Å². The molecule has 1 fully saturated rings. The maximum absolute atomic E-state index is 12.3. The summed E-state index contributed by atoms with van der Waals surface area (Å²) >= 11 is 0. The highest BCUT2D eigenvalue weighted by Crippen LogP contribution is 2.22. The fourth-order valence-corrected chi connectivity index (χ4v) is 3.19. The summed E-state index contributed by atoms with van der Waals surface area (Å²) in [7, 11) is 1.31. The lowest BCUT2D eigenvalue weighted by molar-refractivity contribution is -0.138. The van der Waals surface area contributed by atoms with Crippen molar-refractivity contribution < 1.29 is 19.1 Å². The molecule has 2 aliphatic rings. The zero-order chi connectivity index (χ0) is 16.3. The molecule has 0 aliphatic carbocycles. The van der Waals surface area contributed by atoms with E-state index in [2.05, 4.69) is 10.3 Å². The molecule has 1 atom stereocenters. The third-order valence-corrected chi connectivity index (χ3v) is 4.07. The quantitative estimate of drug-likeness (QED) is 0.631. The number of nitrogens with zero attached hydrogens (tertiary/aromatic N) is 1. The molecule has 22 heavy (non-hydrogen) atoms. The Morgan fingerprint density at radius 3 is 2.82 bits per heavy atom. The van der Waals surface area contributed by atoms with Crippen molar-refractivity contribution in [1.82, 2.24) is 10.2 Å². The minimum atomic E-state index is -0.522. The normalized spacial score (nSPS) is 20.7. The van der Waals surface area contributed by atoms with Gasteiger partial charge in [-0.15, -0.1) is 0 Å². The molecule has 7 heteroatoms. The molecule has 0 aromatic carbocycles. The van der Waals surface area contributed by atoms with Crippen molar-refractivity contribution in [2.24, 2.45) is 0 Å². The lowest BCUT2D eigenvalue weighted by atomic mass is 10.2. The second kappa shape index (κ2) is 6.58. The first kappa shape index (κ1) is 16.6. The summed E-state index contributed by atoms with van der Waals surface area (Å²) in [5.74, 6) is -0.424. The number of hydrogen-bond donors (Lipinski definition) is 1. The van der Waals surface area contributed by atoms with Gasteiger partial charge in [0.25, 0.3) is 0 Å². The highest BCUT2D eigenvalue weighted by Gasteiger charge is 2.36. The van der Waals surface area contributed by atoms with Gasteiger partial charge < -0.3 is 14.8 Å². The number of nitrogens with one attached hydrogen (secondary N) is 1. The van der Waals surface area contributed by atoms with Crippen molar-refractivity contribution in [3.05, 3.63) is 5.70 Å². The first-order chi connectivity index (χ1) is 10.3. The summed E-state index contributed by atoms with van der Waals surface area (Å²) in [6.07, 6.45) is 1.42. The molecule has 0 aromatic heterocycles. The molecular weight excluding hydrogens is 304 g/mol. The van der Waals surface area contributed by atoms with Crippen molar-refractivity contribution in [3.63, 3.8) is 0 Å². The van der Waals surface area contributed by atoms with Gasteiger partial charge in [0.1, 0.15) is 10.6 Å². The zero-order valence-electron chi connectivity index (χ0n) is 13.4. The molecule has 0 radical (unpaired) electrons. The summed E-state index contributed by atoms with van der Waals surface area (Å²) in [5, 5.41) is 5.93. The Morgan fingerprint density at radius 2 is 2.18 bits per heavy atom. The third-order valence-electron chi connectivity index (χ3n) is 3.17. The number of hydrogen-bond acceptors (Lipinski definition) is 5. The number of rotatable bonds is 3. The molecule has 0 unspecified atom stereocenters. The second-order valence-corrected chi connectivity index (χ2v) is 6.97. The van der Waals surface area contributed by atoms with Crippen molar-refractivity contribution >= 4 is 33.0 Å².